The number of hydrogen-bond donors (Lipinski definition) is 0. The van der Waals surface area contributed by atoms with E-state index >= 15 is 0 Å². The molecular weight excluding hydrogens is 356 g/mol. The van der Waals surface area contributed by atoms with Crippen molar-refractivity contribution in [2.45, 2.75) is 57.9 Å². The monoisotopic (exact) mass is 388 g/mol. The largest absolute Gasteiger partial charge is 0.311 e. The number of piperidine rings is 1. The Morgan fingerprint density at radius 1 is 1.03 bits per heavy atom. The topological polar surface area (TPSA) is 23.6 Å². The molecule has 2 fully saturated rings. The van der Waals surface area contributed by atoms with Gasteiger partial charge in [0.05, 0.1) is 0 Å². The van der Waals surface area contributed by atoms with E-state index in [4.69, 9.17) is 0 Å². The maximum Gasteiger partial charge on any atom is 0.230 e. The zero-order valence-corrected chi connectivity index (χ0v) is 17.8. The van der Waals surface area contributed by atoms with Gasteiger partial charge in [-0.3, -0.25) is 9.69 Å². The lowest BCUT2D eigenvalue weighted by Gasteiger charge is -2.40. The quantitative estimate of drug-likeness (QED) is 0.740. The van der Waals surface area contributed by atoms with Crippen molar-refractivity contribution in [2.75, 3.05) is 24.5 Å². The third kappa shape index (κ3) is 3.40. The Balaban J connectivity index is 1.35. The minimum absolute atomic E-state index is 0.143. The molecule has 0 aromatic heterocycles. The van der Waals surface area contributed by atoms with Crippen molar-refractivity contribution in [3.8, 4) is 0 Å². The van der Waals surface area contributed by atoms with Gasteiger partial charge in [-0.15, -0.1) is 0 Å². The van der Waals surface area contributed by atoms with Crippen molar-refractivity contribution >= 4 is 11.6 Å². The van der Waals surface area contributed by atoms with Crippen LogP contribution in [-0.4, -0.2) is 30.4 Å². The summed E-state index contributed by atoms with van der Waals surface area (Å²) in [6.45, 7) is 8.47. The molecule has 5 rings (SSSR count). The molecule has 1 amide bonds. The number of rotatable bonds is 3. The van der Waals surface area contributed by atoms with Crippen LogP contribution in [-0.2, 0) is 16.8 Å². The summed E-state index contributed by atoms with van der Waals surface area (Å²) in [5.74, 6) is 0.640. The third-order valence-corrected chi connectivity index (χ3v) is 7.50. The molecule has 2 aromatic carbocycles. The van der Waals surface area contributed by atoms with Crippen LogP contribution < -0.4 is 4.90 Å². The van der Waals surface area contributed by atoms with Crippen LogP contribution in [0.1, 0.15) is 54.4 Å². The molecule has 152 valence electrons. The van der Waals surface area contributed by atoms with Gasteiger partial charge >= 0.3 is 0 Å². The molecule has 3 heteroatoms. The molecule has 2 aliphatic heterocycles. The second-order valence-electron chi connectivity index (χ2n) is 9.62. The fraction of sp³-hybridized carbons (Fsp3) is 0.500. The van der Waals surface area contributed by atoms with E-state index in [-0.39, 0.29) is 11.3 Å². The van der Waals surface area contributed by atoms with Gasteiger partial charge in [0.25, 0.3) is 0 Å². The number of likely N-dealkylation sites (tertiary alicyclic amines) is 1. The highest BCUT2D eigenvalue weighted by Crippen LogP contribution is 2.48. The average molecular weight is 389 g/mol. The number of hydrogen-bond acceptors (Lipinski definition) is 2. The number of anilines is 1. The number of carbonyl (C=O) groups is 1. The minimum Gasteiger partial charge on any atom is -0.311 e. The van der Waals surface area contributed by atoms with Crippen molar-refractivity contribution in [1.29, 1.82) is 0 Å². The first kappa shape index (κ1) is 18.9. The SMILES string of the molecule is Cc1cccc(CN2CCC3(CC2)CN(C(=O)C2CCC2)c2ccc(C)cc23)c1. The molecule has 1 saturated heterocycles. The minimum atomic E-state index is 0.143. The lowest BCUT2D eigenvalue weighted by molar-refractivity contribution is -0.124. The summed E-state index contributed by atoms with van der Waals surface area (Å²) in [4.78, 5) is 17.9. The van der Waals surface area contributed by atoms with Crippen molar-refractivity contribution < 1.29 is 4.79 Å². The highest BCUT2D eigenvalue weighted by molar-refractivity contribution is 5.98. The number of amides is 1. The first-order chi connectivity index (χ1) is 14.0. The van der Waals surface area contributed by atoms with E-state index in [1.807, 2.05) is 0 Å². The molecule has 29 heavy (non-hydrogen) atoms. The highest BCUT2D eigenvalue weighted by Gasteiger charge is 2.47. The maximum atomic E-state index is 13.2. The number of fused-ring (bicyclic) bond motifs is 2. The summed E-state index contributed by atoms with van der Waals surface area (Å²) in [7, 11) is 0. The van der Waals surface area contributed by atoms with Gasteiger partial charge in [0.15, 0.2) is 0 Å². The van der Waals surface area contributed by atoms with Gasteiger partial charge in [0.1, 0.15) is 0 Å². The Hall–Kier alpha value is -2.13. The zero-order chi connectivity index (χ0) is 20.0. The molecule has 1 spiro atoms. The molecule has 1 saturated carbocycles. The van der Waals surface area contributed by atoms with E-state index in [2.05, 4.69) is 66.1 Å². The molecule has 3 aliphatic rings. The fourth-order valence-electron chi connectivity index (χ4n) is 5.49. The summed E-state index contributed by atoms with van der Waals surface area (Å²) < 4.78 is 0. The van der Waals surface area contributed by atoms with Gasteiger partial charge in [0, 0.05) is 30.1 Å². The second kappa shape index (κ2) is 7.28. The van der Waals surface area contributed by atoms with E-state index in [1.165, 1.54) is 34.4 Å². The first-order valence-corrected chi connectivity index (χ1v) is 11.2. The third-order valence-electron chi connectivity index (χ3n) is 7.50. The van der Waals surface area contributed by atoms with E-state index in [0.717, 1.165) is 51.9 Å². The smallest absolute Gasteiger partial charge is 0.230 e. The predicted octanol–water partition coefficient (Wildman–Crippen LogP) is 4.98. The number of aryl methyl sites for hydroxylation is 2. The van der Waals surface area contributed by atoms with Gasteiger partial charge < -0.3 is 4.90 Å². The Bertz CT molecular complexity index is 922. The van der Waals surface area contributed by atoms with Crippen molar-refractivity contribution in [3.05, 3.63) is 64.7 Å². The van der Waals surface area contributed by atoms with Crippen LogP contribution in [0.3, 0.4) is 0 Å². The normalized spacial score (nSPS) is 21.2. The molecule has 0 unspecified atom stereocenters. The summed E-state index contributed by atoms with van der Waals surface area (Å²) in [6.07, 6.45) is 5.65. The number of carbonyl (C=O) groups excluding carboxylic acids is 1. The zero-order valence-electron chi connectivity index (χ0n) is 17.8. The fourth-order valence-corrected chi connectivity index (χ4v) is 5.49. The van der Waals surface area contributed by atoms with Crippen LogP contribution in [0.4, 0.5) is 5.69 Å². The molecule has 2 heterocycles. The van der Waals surface area contributed by atoms with Crippen molar-refractivity contribution in [1.82, 2.24) is 4.90 Å². The van der Waals surface area contributed by atoms with Crippen LogP contribution in [0.15, 0.2) is 42.5 Å². The van der Waals surface area contributed by atoms with E-state index < -0.39 is 0 Å². The number of benzene rings is 2. The lowest BCUT2D eigenvalue weighted by atomic mass is 9.74. The average Bonchev–Trinajstić information content (AvgIpc) is 2.96. The molecule has 0 N–H and O–H groups in total. The van der Waals surface area contributed by atoms with Crippen LogP contribution >= 0.6 is 0 Å². The van der Waals surface area contributed by atoms with Gasteiger partial charge in [-0.2, -0.15) is 0 Å². The van der Waals surface area contributed by atoms with E-state index in [1.54, 1.807) is 0 Å². The summed E-state index contributed by atoms with van der Waals surface area (Å²) in [5, 5.41) is 0. The van der Waals surface area contributed by atoms with Gasteiger partial charge in [-0.1, -0.05) is 53.9 Å². The molecule has 0 atom stereocenters. The second-order valence-corrected chi connectivity index (χ2v) is 9.62. The molecule has 0 bridgehead atoms. The predicted molar refractivity (Wildman–Crippen MR) is 118 cm³/mol. The highest BCUT2D eigenvalue weighted by atomic mass is 16.2. The molecule has 2 aromatic rings. The van der Waals surface area contributed by atoms with Crippen LogP contribution in [0.5, 0.6) is 0 Å². The van der Waals surface area contributed by atoms with Gasteiger partial charge in [0.2, 0.25) is 5.91 Å². The Kier molecular flexibility index (Phi) is 4.74. The Morgan fingerprint density at radius 2 is 1.79 bits per heavy atom. The maximum absolute atomic E-state index is 13.2. The van der Waals surface area contributed by atoms with Crippen LogP contribution in [0.2, 0.25) is 0 Å². The first-order valence-electron chi connectivity index (χ1n) is 11.2. The van der Waals surface area contributed by atoms with Gasteiger partial charge in [-0.05, 0) is 69.8 Å². The molecule has 0 radical (unpaired) electrons. The van der Waals surface area contributed by atoms with E-state index in [9.17, 15) is 4.79 Å². The molecule has 1 aliphatic carbocycles. The summed E-state index contributed by atoms with van der Waals surface area (Å²) in [5.41, 5.74) is 6.82. The van der Waals surface area contributed by atoms with Crippen molar-refractivity contribution in [2.24, 2.45) is 5.92 Å². The Labute approximate surface area is 174 Å². The Morgan fingerprint density at radius 3 is 2.48 bits per heavy atom. The summed E-state index contributed by atoms with van der Waals surface area (Å²) >= 11 is 0. The molecular formula is C26H32N2O. The van der Waals surface area contributed by atoms with Crippen LogP contribution in [0.25, 0.3) is 0 Å². The lowest BCUT2D eigenvalue weighted by Crippen LogP contribution is -2.47. The van der Waals surface area contributed by atoms with Gasteiger partial charge in [-0.25, -0.2) is 0 Å². The van der Waals surface area contributed by atoms with Crippen LogP contribution in [0, 0.1) is 19.8 Å². The molecule has 3 nitrogen and oxygen atoms in total. The van der Waals surface area contributed by atoms with Crippen molar-refractivity contribution in [3.63, 3.8) is 0 Å². The van der Waals surface area contributed by atoms with E-state index in [0.29, 0.717) is 5.91 Å². The standard InChI is InChI=1S/C26H32N2O/c1-19-5-3-6-21(15-19)17-27-13-11-26(12-14-27)18-28(25(29)22-7-4-8-22)24-10-9-20(2)16-23(24)26/h3,5-6,9-10,15-16,22H,4,7-8,11-14,17-18H2,1-2H3. The summed E-state index contributed by atoms with van der Waals surface area (Å²) in [6, 6.07) is 15.6. The number of nitrogens with zero attached hydrogens (tertiary/aromatic N) is 2.